The summed E-state index contributed by atoms with van der Waals surface area (Å²) in [6.07, 6.45) is 0. The molecule has 0 radical (unpaired) electrons. The Kier molecular flexibility index (Phi) is 6.97. The number of methoxy groups -OCH3 is 2. The van der Waals surface area contributed by atoms with Crippen molar-refractivity contribution < 1.29 is 19.0 Å². The van der Waals surface area contributed by atoms with Gasteiger partial charge in [0.15, 0.2) is 0 Å². The van der Waals surface area contributed by atoms with Crippen molar-refractivity contribution in [1.82, 2.24) is 5.32 Å². The summed E-state index contributed by atoms with van der Waals surface area (Å²) in [6, 6.07) is 8.80. The number of urea groups is 1. The van der Waals surface area contributed by atoms with Gasteiger partial charge in [-0.05, 0) is 37.1 Å². The zero-order chi connectivity index (χ0) is 19.1. The van der Waals surface area contributed by atoms with Gasteiger partial charge in [0.25, 0.3) is 0 Å². The average molecular weight is 379 g/mol. The first kappa shape index (κ1) is 19.7. The van der Waals surface area contributed by atoms with Crippen LogP contribution in [0.25, 0.3) is 0 Å². The van der Waals surface area contributed by atoms with Crippen LogP contribution >= 0.6 is 11.6 Å². The Morgan fingerprint density at radius 1 is 1.00 bits per heavy atom. The fourth-order valence-corrected chi connectivity index (χ4v) is 2.71. The third-order valence-corrected chi connectivity index (χ3v) is 3.87. The van der Waals surface area contributed by atoms with E-state index in [2.05, 4.69) is 16.7 Å². The maximum absolute atomic E-state index is 12.1. The van der Waals surface area contributed by atoms with E-state index < -0.39 is 0 Å². The summed E-state index contributed by atoms with van der Waals surface area (Å²) < 4.78 is 16.0. The number of benzene rings is 2. The molecule has 2 aromatic carbocycles. The first-order valence-corrected chi connectivity index (χ1v) is 8.48. The molecule has 0 unspecified atom stereocenters. The van der Waals surface area contributed by atoms with Crippen molar-refractivity contribution in [3.05, 3.63) is 46.5 Å². The normalized spacial score (nSPS) is 10.2. The number of anilines is 1. The summed E-state index contributed by atoms with van der Waals surface area (Å²) in [5, 5.41) is 5.84. The van der Waals surface area contributed by atoms with Crippen molar-refractivity contribution >= 4 is 23.3 Å². The summed E-state index contributed by atoms with van der Waals surface area (Å²) in [5.74, 6) is 1.67. The standard InChI is InChI=1S/C19H23ClN2O4/c1-12-7-13(2)9-14(8-12)26-6-5-21-19(23)22-16-11-17(24-3)15(20)10-18(16)25-4/h7-11H,5-6H2,1-4H3,(H2,21,22,23). The molecule has 0 aliphatic heterocycles. The van der Waals surface area contributed by atoms with Crippen LogP contribution in [0.15, 0.2) is 30.3 Å². The summed E-state index contributed by atoms with van der Waals surface area (Å²) in [7, 11) is 3.00. The highest BCUT2D eigenvalue weighted by molar-refractivity contribution is 6.32. The van der Waals surface area contributed by atoms with E-state index in [1.165, 1.54) is 14.2 Å². The van der Waals surface area contributed by atoms with Crippen LogP contribution in [0.3, 0.4) is 0 Å². The number of aryl methyl sites for hydroxylation is 2. The Labute approximate surface area is 158 Å². The number of hydrogen-bond donors (Lipinski definition) is 2. The van der Waals surface area contributed by atoms with Gasteiger partial charge in [0, 0.05) is 12.1 Å². The Morgan fingerprint density at radius 2 is 1.65 bits per heavy atom. The van der Waals surface area contributed by atoms with Gasteiger partial charge in [-0.2, -0.15) is 0 Å². The first-order valence-electron chi connectivity index (χ1n) is 8.10. The van der Waals surface area contributed by atoms with Gasteiger partial charge in [-0.1, -0.05) is 17.7 Å². The highest BCUT2D eigenvalue weighted by Gasteiger charge is 2.12. The van der Waals surface area contributed by atoms with E-state index in [-0.39, 0.29) is 6.03 Å². The van der Waals surface area contributed by atoms with Crippen LogP contribution in [0.4, 0.5) is 10.5 Å². The second-order valence-electron chi connectivity index (χ2n) is 5.74. The first-order chi connectivity index (χ1) is 12.4. The second kappa shape index (κ2) is 9.20. The Hall–Kier alpha value is -2.60. The van der Waals surface area contributed by atoms with E-state index in [0.29, 0.717) is 35.4 Å². The molecule has 0 atom stereocenters. The minimum Gasteiger partial charge on any atom is -0.495 e. The topological polar surface area (TPSA) is 68.8 Å². The van der Waals surface area contributed by atoms with E-state index in [1.54, 1.807) is 12.1 Å². The lowest BCUT2D eigenvalue weighted by molar-refractivity contribution is 0.247. The Bertz CT molecular complexity index is 760. The molecule has 0 aromatic heterocycles. The quantitative estimate of drug-likeness (QED) is 0.709. The minimum absolute atomic E-state index is 0.353. The van der Waals surface area contributed by atoms with E-state index in [9.17, 15) is 4.79 Å². The zero-order valence-corrected chi connectivity index (χ0v) is 16.1. The number of ether oxygens (including phenoxy) is 3. The van der Waals surface area contributed by atoms with Gasteiger partial charge in [0.05, 0.1) is 31.5 Å². The van der Waals surface area contributed by atoms with Gasteiger partial charge >= 0.3 is 6.03 Å². The van der Waals surface area contributed by atoms with Gasteiger partial charge in [0.1, 0.15) is 23.9 Å². The summed E-state index contributed by atoms with van der Waals surface area (Å²) in [6.45, 7) is 4.74. The highest BCUT2D eigenvalue weighted by atomic mass is 35.5. The molecule has 0 spiro atoms. The van der Waals surface area contributed by atoms with Crippen LogP contribution in [-0.4, -0.2) is 33.4 Å². The van der Waals surface area contributed by atoms with Crippen molar-refractivity contribution in [1.29, 1.82) is 0 Å². The van der Waals surface area contributed by atoms with E-state index >= 15 is 0 Å². The molecule has 26 heavy (non-hydrogen) atoms. The molecule has 0 fully saturated rings. The van der Waals surface area contributed by atoms with Crippen LogP contribution in [0.2, 0.25) is 5.02 Å². The summed E-state index contributed by atoms with van der Waals surface area (Å²) >= 11 is 6.05. The monoisotopic (exact) mass is 378 g/mol. The number of carbonyl (C=O) groups is 1. The Balaban J connectivity index is 1.87. The molecular formula is C19H23ClN2O4. The largest absolute Gasteiger partial charge is 0.495 e. The average Bonchev–Trinajstić information content (AvgIpc) is 2.59. The number of amides is 2. The molecule has 0 saturated heterocycles. The van der Waals surface area contributed by atoms with Gasteiger partial charge in [-0.3, -0.25) is 0 Å². The lowest BCUT2D eigenvalue weighted by Gasteiger charge is -2.14. The molecular weight excluding hydrogens is 356 g/mol. The summed E-state index contributed by atoms with van der Waals surface area (Å²) in [5.41, 5.74) is 2.73. The van der Waals surface area contributed by atoms with Crippen LogP contribution < -0.4 is 24.8 Å². The molecule has 0 heterocycles. The van der Waals surface area contributed by atoms with Gasteiger partial charge in [-0.15, -0.1) is 0 Å². The Morgan fingerprint density at radius 3 is 2.27 bits per heavy atom. The van der Waals surface area contributed by atoms with E-state index in [1.807, 2.05) is 26.0 Å². The maximum atomic E-state index is 12.1. The van der Waals surface area contributed by atoms with Gasteiger partial charge < -0.3 is 24.8 Å². The zero-order valence-electron chi connectivity index (χ0n) is 15.3. The van der Waals surface area contributed by atoms with Crippen LogP contribution in [0, 0.1) is 13.8 Å². The van der Waals surface area contributed by atoms with E-state index in [0.717, 1.165) is 16.9 Å². The third-order valence-electron chi connectivity index (χ3n) is 3.57. The van der Waals surface area contributed by atoms with Gasteiger partial charge in [0.2, 0.25) is 0 Å². The van der Waals surface area contributed by atoms with Crippen LogP contribution in [0.1, 0.15) is 11.1 Å². The molecule has 2 rings (SSSR count). The third kappa shape index (κ3) is 5.46. The maximum Gasteiger partial charge on any atom is 0.319 e. The lowest BCUT2D eigenvalue weighted by atomic mass is 10.1. The van der Waals surface area contributed by atoms with Crippen molar-refractivity contribution in [3.63, 3.8) is 0 Å². The molecule has 6 nitrogen and oxygen atoms in total. The molecule has 0 aliphatic rings. The lowest BCUT2D eigenvalue weighted by Crippen LogP contribution is -2.32. The number of halogens is 1. The predicted molar refractivity (Wildman–Crippen MR) is 103 cm³/mol. The van der Waals surface area contributed by atoms with E-state index in [4.69, 9.17) is 25.8 Å². The van der Waals surface area contributed by atoms with Gasteiger partial charge in [-0.25, -0.2) is 4.79 Å². The molecule has 2 aromatic rings. The molecule has 140 valence electrons. The van der Waals surface area contributed by atoms with Crippen molar-refractivity contribution in [3.8, 4) is 17.2 Å². The van der Waals surface area contributed by atoms with Crippen molar-refractivity contribution in [2.75, 3.05) is 32.7 Å². The minimum atomic E-state index is -0.378. The SMILES string of the molecule is COc1cc(NC(=O)NCCOc2cc(C)cc(C)c2)c(OC)cc1Cl. The van der Waals surface area contributed by atoms with Crippen LogP contribution in [0.5, 0.6) is 17.2 Å². The highest BCUT2D eigenvalue weighted by Crippen LogP contribution is 2.35. The van der Waals surface area contributed by atoms with Crippen molar-refractivity contribution in [2.45, 2.75) is 13.8 Å². The second-order valence-corrected chi connectivity index (χ2v) is 6.15. The molecule has 7 heteroatoms. The molecule has 2 amide bonds. The fourth-order valence-electron chi connectivity index (χ4n) is 2.47. The number of hydrogen-bond acceptors (Lipinski definition) is 4. The molecule has 0 saturated carbocycles. The predicted octanol–water partition coefficient (Wildman–Crippen LogP) is 4.17. The van der Waals surface area contributed by atoms with Crippen molar-refractivity contribution in [2.24, 2.45) is 0 Å². The number of nitrogens with one attached hydrogen (secondary N) is 2. The molecule has 0 bridgehead atoms. The smallest absolute Gasteiger partial charge is 0.319 e. The molecule has 0 aliphatic carbocycles. The molecule has 2 N–H and O–H groups in total. The fraction of sp³-hybridized carbons (Fsp3) is 0.316. The summed E-state index contributed by atoms with van der Waals surface area (Å²) in [4.78, 5) is 12.1. The number of carbonyl (C=O) groups excluding carboxylic acids is 1. The number of rotatable bonds is 7. The van der Waals surface area contributed by atoms with Crippen LogP contribution in [-0.2, 0) is 0 Å².